The van der Waals surface area contributed by atoms with Gasteiger partial charge in [-0.15, -0.1) is 0 Å². The quantitative estimate of drug-likeness (QED) is 0.156. The summed E-state index contributed by atoms with van der Waals surface area (Å²) in [5.41, 5.74) is 10.8. The number of phenolic OH excluding ortho intramolecular Hbond substituents is 3. The van der Waals surface area contributed by atoms with Crippen molar-refractivity contribution in [1.82, 2.24) is 0 Å². The van der Waals surface area contributed by atoms with Crippen LogP contribution in [0.1, 0.15) is 161 Å². The van der Waals surface area contributed by atoms with Gasteiger partial charge in [0.1, 0.15) is 17.2 Å². The van der Waals surface area contributed by atoms with E-state index in [1.165, 1.54) is 44.5 Å². The predicted molar refractivity (Wildman–Crippen MR) is 316 cm³/mol. The van der Waals surface area contributed by atoms with Crippen LogP contribution in [0.15, 0.2) is 188 Å². The lowest BCUT2D eigenvalue weighted by molar-refractivity contribution is 0.475. The molecule has 7 rings (SSSR count). The van der Waals surface area contributed by atoms with Crippen molar-refractivity contribution < 1.29 is 15.3 Å². The standard InChI is InChI=1S/2C16H18.3C6H6O.8C2H6/c2*1-3-13-5-9-15(10-6-13)16-11-7-14(4-2)8-12-16;3*7-6-4-2-1-3-5-6;8*1-2/h2*5-12H,3-4H2,1-2H3;3*1-5,7H;8*1-2H3. The summed E-state index contributed by atoms with van der Waals surface area (Å²) in [4.78, 5) is 0. The molecule has 7 aromatic carbocycles. The number of aryl methyl sites for hydroxylation is 4. The highest BCUT2D eigenvalue weighted by Gasteiger charge is 1.99. The summed E-state index contributed by atoms with van der Waals surface area (Å²) >= 11 is 0. The molecule has 3 nitrogen and oxygen atoms in total. The van der Waals surface area contributed by atoms with Crippen molar-refractivity contribution in [1.29, 1.82) is 0 Å². The molecule has 0 unspecified atom stereocenters. The molecule has 69 heavy (non-hydrogen) atoms. The molecule has 0 radical (unpaired) electrons. The lowest BCUT2D eigenvalue weighted by Gasteiger charge is -2.04. The van der Waals surface area contributed by atoms with Crippen LogP contribution in [-0.2, 0) is 25.7 Å². The van der Waals surface area contributed by atoms with Crippen molar-refractivity contribution >= 4 is 0 Å². The monoisotopic (exact) mass is 943 g/mol. The van der Waals surface area contributed by atoms with Crippen LogP contribution in [0.25, 0.3) is 22.3 Å². The molecular weight excluding hydrogens is 841 g/mol. The predicted octanol–water partition coefficient (Wildman–Crippen LogP) is 21.3. The average molecular weight is 944 g/mol. The fourth-order valence-corrected chi connectivity index (χ4v) is 5.02. The zero-order chi connectivity index (χ0) is 54.1. The van der Waals surface area contributed by atoms with Crippen molar-refractivity contribution in [3.8, 4) is 39.5 Å². The molecule has 384 valence electrons. The van der Waals surface area contributed by atoms with Gasteiger partial charge in [0.25, 0.3) is 0 Å². The van der Waals surface area contributed by atoms with E-state index in [0.29, 0.717) is 17.2 Å². The third-order valence-corrected chi connectivity index (χ3v) is 8.38. The van der Waals surface area contributed by atoms with Crippen LogP contribution < -0.4 is 0 Å². The van der Waals surface area contributed by atoms with E-state index >= 15 is 0 Å². The van der Waals surface area contributed by atoms with Gasteiger partial charge in [-0.25, -0.2) is 0 Å². The fourth-order valence-electron chi connectivity index (χ4n) is 5.02. The number of para-hydroxylation sites is 3. The molecule has 0 aliphatic heterocycles. The summed E-state index contributed by atoms with van der Waals surface area (Å²) in [5.74, 6) is 0.965. The van der Waals surface area contributed by atoms with Crippen LogP contribution in [0.2, 0.25) is 0 Å². The van der Waals surface area contributed by atoms with E-state index in [1.54, 1.807) is 72.8 Å². The van der Waals surface area contributed by atoms with Gasteiger partial charge < -0.3 is 15.3 Å². The van der Waals surface area contributed by atoms with E-state index in [4.69, 9.17) is 15.3 Å². The van der Waals surface area contributed by atoms with Crippen molar-refractivity contribution in [3.05, 3.63) is 210 Å². The highest BCUT2D eigenvalue weighted by atomic mass is 16.3. The van der Waals surface area contributed by atoms with Crippen molar-refractivity contribution in [3.63, 3.8) is 0 Å². The molecular formula is C66H102O3. The SMILES string of the molecule is CC.CC.CC.CC.CC.CC.CC.CC.CCc1ccc(-c2ccc(CC)cc2)cc1.CCc1ccc(-c2ccc(CC)cc2)cc1.Oc1ccccc1.Oc1ccccc1.Oc1ccccc1. The maximum Gasteiger partial charge on any atom is 0.115 e. The molecule has 7 aromatic rings. The third-order valence-electron chi connectivity index (χ3n) is 8.38. The molecule has 0 atom stereocenters. The number of benzene rings is 7. The van der Waals surface area contributed by atoms with Crippen molar-refractivity contribution in [2.45, 2.75) is 164 Å². The van der Waals surface area contributed by atoms with Crippen LogP contribution in [0.3, 0.4) is 0 Å². The molecule has 0 aliphatic carbocycles. The van der Waals surface area contributed by atoms with Crippen LogP contribution in [0.4, 0.5) is 0 Å². The second-order valence-electron chi connectivity index (χ2n) is 12.2. The van der Waals surface area contributed by atoms with Crippen molar-refractivity contribution in [2.24, 2.45) is 0 Å². The number of aromatic hydroxyl groups is 3. The summed E-state index contributed by atoms with van der Waals surface area (Å²) in [6.07, 6.45) is 4.42. The summed E-state index contributed by atoms with van der Waals surface area (Å²) < 4.78 is 0. The van der Waals surface area contributed by atoms with E-state index in [2.05, 4.69) is 125 Å². The third kappa shape index (κ3) is 40.7. The molecule has 0 bridgehead atoms. The average Bonchev–Trinajstić information content (AvgIpc) is 3.46. The Balaban J connectivity index is -0.000000173. The Labute approximate surface area is 427 Å². The minimum atomic E-state index is 0.322. The van der Waals surface area contributed by atoms with E-state index in [-0.39, 0.29) is 0 Å². The highest BCUT2D eigenvalue weighted by Crippen LogP contribution is 2.22. The lowest BCUT2D eigenvalue weighted by atomic mass is 10.0. The number of rotatable bonds is 6. The Morgan fingerprint density at radius 2 is 0.333 bits per heavy atom. The van der Waals surface area contributed by atoms with Gasteiger partial charge in [0.2, 0.25) is 0 Å². The maximum absolute atomic E-state index is 8.63. The van der Waals surface area contributed by atoms with Crippen molar-refractivity contribution in [2.75, 3.05) is 0 Å². The molecule has 3 N–H and O–H groups in total. The Morgan fingerprint density at radius 1 is 0.203 bits per heavy atom. The molecule has 0 aliphatic rings. The van der Waals surface area contributed by atoms with E-state index in [1.807, 2.05) is 129 Å². The topological polar surface area (TPSA) is 60.7 Å². The Hall–Kier alpha value is -6.06. The first-order valence-corrected chi connectivity index (χ1v) is 26.4. The molecule has 0 heterocycles. The summed E-state index contributed by atoms with van der Waals surface area (Å²) in [6.45, 7) is 40.7. The minimum Gasteiger partial charge on any atom is -0.508 e. The number of phenols is 3. The molecule has 0 saturated heterocycles. The van der Waals surface area contributed by atoms with Crippen LogP contribution in [0.5, 0.6) is 17.2 Å². The first-order valence-electron chi connectivity index (χ1n) is 26.4. The molecule has 0 aromatic heterocycles. The first kappa shape index (κ1) is 74.5. The van der Waals surface area contributed by atoms with Gasteiger partial charge in [-0.05, 0) is 107 Å². The molecule has 0 fully saturated rings. The van der Waals surface area contributed by atoms with E-state index in [9.17, 15) is 0 Å². The Kier molecular flexibility index (Phi) is 64.7. The van der Waals surface area contributed by atoms with Crippen LogP contribution >= 0.6 is 0 Å². The Bertz CT molecular complexity index is 1650. The summed E-state index contributed by atoms with van der Waals surface area (Å²) in [7, 11) is 0. The normalized spacial score (nSPS) is 8.12. The van der Waals surface area contributed by atoms with Gasteiger partial charge in [-0.3, -0.25) is 0 Å². The first-order chi connectivity index (χ1) is 33.8. The maximum atomic E-state index is 8.63. The largest absolute Gasteiger partial charge is 0.508 e. The zero-order valence-electron chi connectivity index (χ0n) is 47.6. The smallest absolute Gasteiger partial charge is 0.115 e. The highest BCUT2D eigenvalue weighted by molar-refractivity contribution is 5.64. The number of hydrogen-bond donors (Lipinski definition) is 3. The number of hydrogen-bond acceptors (Lipinski definition) is 3. The minimum absolute atomic E-state index is 0.322. The molecule has 0 saturated carbocycles. The fraction of sp³-hybridized carbons (Fsp3) is 0.364. The molecule has 0 spiro atoms. The van der Waals surface area contributed by atoms with Crippen LogP contribution in [0, 0.1) is 0 Å². The van der Waals surface area contributed by atoms with E-state index < -0.39 is 0 Å². The van der Waals surface area contributed by atoms with Gasteiger partial charge >= 0.3 is 0 Å². The zero-order valence-corrected chi connectivity index (χ0v) is 47.6. The molecule has 0 amide bonds. The van der Waals surface area contributed by atoms with Gasteiger partial charge in [0.15, 0.2) is 0 Å². The Morgan fingerprint density at radius 3 is 0.420 bits per heavy atom. The molecule has 3 heteroatoms. The second kappa shape index (κ2) is 60.0. The lowest BCUT2D eigenvalue weighted by Crippen LogP contribution is -1.83. The van der Waals surface area contributed by atoms with Gasteiger partial charge in [-0.2, -0.15) is 0 Å². The van der Waals surface area contributed by atoms with Gasteiger partial charge in [-0.1, -0.05) is 290 Å². The van der Waals surface area contributed by atoms with Gasteiger partial charge in [0, 0.05) is 0 Å². The second-order valence-corrected chi connectivity index (χ2v) is 12.2. The summed E-state index contributed by atoms with van der Waals surface area (Å²) in [6, 6.07) is 61.5. The van der Waals surface area contributed by atoms with Gasteiger partial charge in [0.05, 0.1) is 0 Å². The van der Waals surface area contributed by atoms with Crippen LogP contribution in [-0.4, -0.2) is 15.3 Å². The van der Waals surface area contributed by atoms with E-state index in [0.717, 1.165) is 25.7 Å². The summed E-state index contributed by atoms with van der Waals surface area (Å²) in [5, 5.41) is 25.9.